The third kappa shape index (κ3) is 2.52. The predicted octanol–water partition coefficient (Wildman–Crippen LogP) is 1.40. The van der Waals surface area contributed by atoms with Crippen molar-refractivity contribution in [2.45, 2.75) is 20.3 Å². The van der Waals surface area contributed by atoms with Gasteiger partial charge in [-0.2, -0.15) is 0 Å². The standard InChI is InChI=1S/C12H17NO3/c1-3-9-4-5-10(16-7-6-14)12(13)11(9)8(2)15/h4-5,14H,3,6-7,13H2,1-2H3. The van der Waals surface area contributed by atoms with Crippen LogP contribution in [0.4, 0.5) is 5.69 Å². The molecule has 0 atom stereocenters. The zero-order chi connectivity index (χ0) is 12.1. The van der Waals surface area contributed by atoms with Gasteiger partial charge in [-0.1, -0.05) is 13.0 Å². The van der Waals surface area contributed by atoms with E-state index >= 15 is 0 Å². The van der Waals surface area contributed by atoms with E-state index in [0.717, 1.165) is 12.0 Å². The normalized spacial score (nSPS) is 10.2. The summed E-state index contributed by atoms with van der Waals surface area (Å²) in [4.78, 5) is 11.5. The van der Waals surface area contributed by atoms with Crippen molar-refractivity contribution in [1.82, 2.24) is 0 Å². The topological polar surface area (TPSA) is 72.6 Å². The largest absolute Gasteiger partial charge is 0.489 e. The zero-order valence-electron chi connectivity index (χ0n) is 9.62. The number of benzene rings is 1. The lowest BCUT2D eigenvalue weighted by atomic mass is 9.99. The number of nitrogens with two attached hydrogens (primary N) is 1. The van der Waals surface area contributed by atoms with Gasteiger partial charge in [-0.15, -0.1) is 0 Å². The summed E-state index contributed by atoms with van der Waals surface area (Å²) in [7, 11) is 0. The lowest BCUT2D eigenvalue weighted by molar-refractivity contribution is 0.101. The van der Waals surface area contributed by atoms with Gasteiger partial charge in [0.05, 0.1) is 12.3 Å². The van der Waals surface area contributed by atoms with Crippen molar-refractivity contribution >= 4 is 11.5 Å². The van der Waals surface area contributed by atoms with E-state index in [9.17, 15) is 4.79 Å². The quantitative estimate of drug-likeness (QED) is 0.584. The SMILES string of the molecule is CCc1ccc(OCCO)c(N)c1C(C)=O. The number of ketones is 1. The maximum atomic E-state index is 11.5. The van der Waals surface area contributed by atoms with E-state index in [1.54, 1.807) is 6.07 Å². The molecule has 0 amide bonds. The summed E-state index contributed by atoms with van der Waals surface area (Å²) in [6, 6.07) is 3.57. The second-order valence-corrected chi connectivity index (χ2v) is 3.49. The molecule has 0 aliphatic carbocycles. The van der Waals surface area contributed by atoms with Crippen LogP contribution in [0.3, 0.4) is 0 Å². The summed E-state index contributed by atoms with van der Waals surface area (Å²) in [6.07, 6.45) is 0.749. The third-order valence-electron chi connectivity index (χ3n) is 2.37. The third-order valence-corrected chi connectivity index (χ3v) is 2.37. The van der Waals surface area contributed by atoms with E-state index < -0.39 is 0 Å². The molecule has 0 saturated carbocycles. The van der Waals surface area contributed by atoms with Crippen LogP contribution < -0.4 is 10.5 Å². The average molecular weight is 223 g/mol. The van der Waals surface area contributed by atoms with Crippen LogP contribution in [-0.4, -0.2) is 24.1 Å². The number of hydrogen-bond donors (Lipinski definition) is 2. The number of nitrogen functional groups attached to an aromatic ring is 1. The summed E-state index contributed by atoms with van der Waals surface area (Å²) >= 11 is 0. The van der Waals surface area contributed by atoms with E-state index in [0.29, 0.717) is 17.0 Å². The number of rotatable bonds is 5. The van der Waals surface area contributed by atoms with Crippen molar-refractivity contribution in [2.75, 3.05) is 18.9 Å². The molecule has 1 aromatic carbocycles. The van der Waals surface area contributed by atoms with Gasteiger partial charge in [0.25, 0.3) is 0 Å². The molecule has 0 radical (unpaired) electrons. The second-order valence-electron chi connectivity index (χ2n) is 3.49. The second kappa shape index (κ2) is 5.51. The molecule has 3 N–H and O–H groups in total. The summed E-state index contributed by atoms with van der Waals surface area (Å²) < 4.78 is 5.25. The Morgan fingerprint density at radius 2 is 2.19 bits per heavy atom. The first kappa shape index (κ1) is 12.5. The van der Waals surface area contributed by atoms with E-state index in [2.05, 4.69) is 0 Å². The summed E-state index contributed by atoms with van der Waals surface area (Å²) in [5.41, 5.74) is 7.68. The highest BCUT2D eigenvalue weighted by molar-refractivity contribution is 6.01. The van der Waals surface area contributed by atoms with Gasteiger partial charge in [0.2, 0.25) is 0 Å². The number of aliphatic hydroxyl groups is 1. The molecule has 1 rings (SSSR count). The molecule has 1 aromatic rings. The number of Topliss-reactive ketones (excluding diaryl/α,β-unsaturated/α-hetero) is 1. The van der Waals surface area contributed by atoms with Gasteiger partial charge in [-0.3, -0.25) is 4.79 Å². The van der Waals surface area contributed by atoms with Crippen LogP contribution in [0, 0.1) is 0 Å². The number of carbonyl (C=O) groups is 1. The predicted molar refractivity (Wildman–Crippen MR) is 62.8 cm³/mol. The van der Waals surface area contributed by atoms with Gasteiger partial charge < -0.3 is 15.6 Å². The molecule has 0 fully saturated rings. The molecular formula is C12H17NO3. The molecule has 0 saturated heterocycles. The van der Waals surface area contributed by atoms with Crippen LogP contribution in [-0.2, 0) is 6.42 Å². The Balaban J connectivity index is 3.15. The van der Waals surface area contributed by atoms with E-state index in [1.807, 2.05) is 13.0 Å². The highest BCUT2D eigenvalue weighted by atomic mass is 16.5. The Morgan fingerprint density at radius 1 is 1.50 bits per heavy atom. The first-order valence-corrected chi connectivity index (χ1v) is 5.27. The molecule has 0 aromatic heterocycles. The first-order valence-electron chi connectivity index (χ1n) is 5.27. The average Bonchev–Trinajstić information content (AvgIpc) is 2.26. The van der Waals surface area contributed by atoms with Crippen molar-refractivity contribution in [1.29, 1.82) is 0 Å². The molecule has 0 spiro atoms. The van der Waals surface area contributed by atoms with E-state index in [4.69, 9.17) is 15.6 Å². The summed E-state index contributed by atoms with van der Waals surface area (Å²) in [6.45, 7) is 3.55. The number of aliphatic hydroxyl groups excluding tert-OH is 1. The van der Waals surface area contributed by atoms with E-state index in [1.165, 1.54) is 6.92 Å². The number of ether oxygens (including phenoxy) is 1. The van der Waals surface area contributed by atoms with E-state index in [-0.39, 0.29) is 19.0 Å². The van der Waals surface area contributed by atoms with Crippen LogP contribution in [0.15, 0.2) is 12.1 Å². The Morgan fingerprint density at radius 3 is 2.69 bits per heavy atom. The molecular weight excluding hydrogens is 206 g/mol. The van der Waals surface area contributed by atoms with Crippen LogP contribution in [0.1, 0.15) is 29.8 Å². The number of hydrogen-bond acceptors (Lipinski definition) is 4. The minimum atomic E-state index is -0.0790. The van der Waals surface area contributed by atoms with Crippen LogP contribution in [0.25, 0.3) is 0 Å². The lowest BCUT2D eigenvalue weighted by Gasteiger charge is -2.13. The van der Waals surface area contributed by atoms with Crippen molar-refractivity contribution in [2.24, 2.45) is 0 Å². The van der Waals surface area contributed by atoms with Gasteiger partial charge in [-0.05, 0) is 25.0 Å². The van der Waals surface area contributed by atoms with Crippen molar-refractivity contribution < 1.29 is 14.6 Å². The molecule has 0 heterocycles. The Bertz CT molecular complexity index is 388. The first-order chi connectivity index (χ1) is 7.61. The Labute approximate surface area is 95.0 Å². The minimum Gasteiger partial charge on any atom is -0.489 e. The molecule has 4 heteroatoms. The molecule has 16 heavy (non-hydrogen) atoms. The van der Waals surface area contributed by atoms with Gasteiger partial charge >= 0.3 is 0 Å². The molecule has 0 bridgehead atoms. The summed E-state index contributed by atoms with van der Waals surface area (Å²) in [5, 5.41) is 8.66. The Kier molecular flexibility index (Phi) is 4.31. The van der Waals surface area contributed by atoms with Crippen LogP contribution in [0.5, 0.6) is 5.75 Å². The van der Waals surface area contributed by atoms with Crippen LogP contribution in [0.2, 0.25) is 0 Å². The maximum Gasteiger partial charge on any atom is 0.162 e. The zero-order valence-corrected chi connectivity index (χ0v) is 9.62. The number of aryl methyl sites for hydroxylation is 1. The van der Waals surface area contributed by atoms with Crippen molar-refractivity contribution in [3.8, 4) is 5.75 Å². The van der Waals surface area contributed by atoms with Crippen LogP contribution >= 0.6 is 0 Å². The molecule has 0 aliphatic rings. The smallest absolute Gasteiger partial charge is 0.162 e. The maximum absolute atomic E-state index is 11.5. The van der Waals surface area contributed by atoms with Gasteiger partial charge in [-0.25, -0.2) is 0 Å². The highest BCUT2D eigenvalue weighted by Gasteiger charge is 2.14. The number of anilines is 1. The van der Waals surface area contributed by atoms with Gasteiger partial charge in [0.1, 0.15) is 12.4 Å². The fraction of sp³-hybridized carbons (Fsp3) is 0.417. The van der Waals surface area contributed by atoms with Gasteiger partial charge in [0.15, 0.2) is 5.78 Å². The monoisotopic (exact) mass is 223 g/mol. The molecule has 0 aliphatic heterocycles. The Hall–Kier alpha value is -1.55. The minimum absolute atomic E-state index is 0.0659. The fourth-order valence-corrected chi connectivity index (χ4v) is 1.64. The fourth-order valence-electron chi connectivity index (χ4n) is 1.64. The van der Waals surface area contributed by atoms with Crippen molar-refractivity contribution in [3.05, 3.63) is 23.3 Å². The molecule has 4 nitrogen and oxygen atoms in total. The molecule has 0 unspecified atom stereocenters. The van der Waals surface area contributed by atoms with Gasteiger partial charge in [0, 0.05) is 5.56 Å². The molecule has 88 valence electrons. The summed E-state index contributed by atoms with van der Waals surface area (Å²) in [5.74, 6) is 0.389. The number of carbonyl (C=O) groups excluding carboxylic acids is 1. The lowest BCUT2D eigenvalue weighted by Crippen LogP contribution is -2.09. The van der Waals surface area contributed by atoms with Crippen molar-refractivity contribution in [3.63, 3.8) is 0 Å². The highest BCUT2D eigenvalue weighted by Crippen LogP contribution is 2.29.